The summed E-state index contributed by atoms with van der Waals surface area (Å²) in [6, 6.07) is 9.22. The molecule has 1 atom stereocenters. The van der Waals surface area contributed by atoms with Gasteiger partial charge in [0.05, 0.1) is 6.42 Å². The largest absolute Gasteiger partial charge is 0.483 e. The minimum atomic E-state index is -0.440. The molecule has 0 N–H and O–H groups in total. The van der Waals surface area contributed by atoms with Gasteiger partial charge in [-0.15, -0.1) is 0 Å². The van der Waals surface area contributed by atoms with Crippen molar-refractivity contribution in [3.05, 3.63) is 30.3 Å². The second-order valence-corrected chi connectivity index (χ2v) is 3.64. The maximum atomic E-state index is 11.5. The van der Waals surface area contributed by atoms with Gasteiger partial charge in [-0.2, -0.15) is 0 Å². The number of benzene rings is 1. The topological polar surface area (TPSA) is 43.4 Å². The summed E-state index contributed by atoms with van der Waals surface area (Å²) in [4.78, 5) is 22.5. The zero-order chi connectivity index (χ0) is 10.7. The molecule has 0 aliphatic heterocycles. The molecule has 3 heteroatoms. The molecule has 0 radical (unpaired) electrons. The molecule has 0 saturated heterocycles. The van der Waals surface area contributed by atoms with E-state index in [1.54, 1.807) is 0 Å². The van der Waals surface area contributed by atoms with Crippen LogP contribution in [0.2, 0.25) is 0 Å². The Balaban J connectivity index is 2.01. The fourth-order valence-electron chi connectivity index (χ4n) is 1.64. The molecule has 0 aromatic heterocycles. The number of carbonyl (C=O) groups is 2. The highest BCUT2D eigenvalue weighted by Crippen LogP contribution is 2.19. The number of ether oxygens (including phenoxy) is 1. The standard InChI is InChI=1S/C12H12O3/c13-9-6-7-12(11(14)8-9)15-10-4-2-1-3-5-10/h1-5,12H,6-8H2. The predicted molar refractivity (Wildman–Crippen MR) is 54.7 cm³/mol. The van der Waals surface area contributed by atoms with Gasteiger partial charge in [-0.05, 0) is 18.6 Å². The number of rotatable bonds is 2. The third-order valence-electron chi connectivity index (χ3n) is 2.44. The van der Waals surface area contributed by atoms with Crippen LogP contribution in [0.25, 0.3) is 0 Å². The van der Waals surface area contributed by atoms with Crippen molar-refractivity contribution >= 4 is 11.6 Å². The summed E-state index contributed by atoms with van der Waals surface area (Å²) in [6.45, 7) is 0. The second-order valence-electron chi connectivity index (χ2n) is 3.64. The van der Waals surface area contributed by atoms with Gasteiger partial charge in [-0.1, -0.05) is 18.2 Å². The molecule has 1 aliphatic rings. The highest BCUT2D eigenvalue weighted by molar-refractivity contribution is 6.03. The van der Waals surface area contributed by atoms with E-state index in [0.29, 0.717) is 18.6 Å². The van der Waals surface area contributed by atoms with E-state index in [0.717, 1.165) is 0 Å². The molecule has 15 heavy (non-hydrogen) atoms. The lowest BCUT2D eigenvalue weighted by atomic mass is 9.95. The zero-order valence-corrected chi connectivity index (χ0v) is 8.31. The Hall–Kier alpha value is -1.64. The van der Waals surface area contributed by atoms with Crippen molar-refractivity contribution in [3.8, 4) is 5.75 Å². The van der Waals surface area contributed by atoms with Gasteiger partial charge in [0, 0.05) is 6.42 Å². The Morgan fingerprint density at radius 3 is 2.53 bits per heavy atom. The van der Waals surface area contributed by atoms with Crippen molar-refractivity contribution in [1.82, 2.24) is 0 Å². The van der Waals surface area contributed by atoms with Gasteiger partial charge >= 0.3 is 0 Å². The Labute approximate surface area is 88.1 Å². The van der Waals surface area contributed by atoms with Gasteiger partial charge in [-0.3, -0.25) is 9.59 Å². The first kappa shape index (κ1) is 9.90. The number of ketones is 2. The maximum absolute atomic E-state index is 11.5. The Bertz CT molecular complexity index is 370. The fourth-order valence-corrected chi connectivity index (χ4v) is 1.64. The summed E-state index contributed by atoms with van der Waals surface area (Å²) >= 11 is 0. The summed E-state index contributed by atoms with van der Waals surface area (Å²) in [5.41, 5.74) is 0. The number of para-hydroxylation sites is 1. The number of hydrogen-bond acceptors (Lipinski definition) is 3. The third kappa shape index (κ3) is 2.43. The van der Waals surface area contributed by atoms with E-state index in [4.69, 9.17) is 4.74 Å². The number of carbonyl (C=O) groups excluding carboxylic acids is 2. The molecule has 3 nitrogen and oxygen atoms in total. The first-order valence-corrected chi connectivity index (χ1v) is 5.02. The molecule has 0 spiro atoms. The predicted octanol–water partition coefficient (Wildman–Crippen LogP) is 1.76. The van der Waals surface area contributed by atoms with Crippen LogP contribution in [0.15, 0.2) is 30.3 Å². The van der Waals surface area contributed by atoms with Crippen molar-refractivity contribution in [3.63, 3.8) is 0 Å². The van der Waals surface area contributed by atoms with Crippen LogP contribution in [0.1, 0.15) is 19.3 Å². The zero-order valence-electron chi connectivity index (χ0n) is 8.31. The highest BCUT2D eigenvalue weighted by Gasteiger charge is 2.28. The molecule has 1 saturated carbocycles. The molecule has 2 rings (SSSR count). The van der Waals surface area contributed by atoms with Crippen molar-refractivity contribution in [2.75, 3.05) is 0 Å². The Morgan fingerprint density at radius 1 is 1.13 bits per heavy atom. The minimum Gasteiger partial charge on any atom is -0.483 e. The van der Waals surface area contributed by atoms with E-state index in [-0.39, 0.29) is 18.0 Å². The smallest absolute Gasteiger partial charge is 0.180 e. The molecule has 0 heterocycles. The van der Waals surface area contributed by atoms with E-state index in [9.17, 15) is 9.59 Å². The van der Waals surface area contributed by atoms with Crippen molar-refractivity contribution < 1.29 is 14.3 Å². The molecule has 1 unspecified atom stereocenters. The first-order valence-electron chi connectivity index (χ1n) is 5.02. The van der Waals surface area contributed by atoms with Crippen molar-refractivity contribution in [2.24, 2.45) is 0 Å². The van der Waals surface area contributed by atoms with Crippen LogP contribution in [0, 0.1) is 0 Å². The van der Waals surface area contributed by atoms with E-state index in [1.165, 1.54) is 0 Å². The lowest BCUT2D eigenvalue weighted by Gasteiger charge is -2.21. The van der Waals surface area contributed by atoms with Crippen molar-refractivity contribution in [1.29, 1.82) is 0 Å². The van der Waals surface area contributed by atoms with Crippen LogP contribution in [0.4, 0.5) is 0 Å². The monoisotopic (exact) mass is 204 g/mol. The Kier molecular flexibility index (Phi) is 2.81. The minimum absolute atomic E-state index is 0.0212. The van der Waals surface area contributed by atoms with Gasteiger partial charge < -0.3 is 4.74 Å². The van der Waals surface area contributed by atoms with Gasteiger partial charge in [0.25, 0.3) is 0 Å². The summed E-state index contributed by atoms with van der Waals surface area (Å²) < 4.78 is 5.51. The van der Waals surface area contributed by atoms with Crippen LogP contribution in [-0.2, 0) is 9.59 Å². The summed E-state index contributed by atoms with van der Waals surface area (Å²) in [7, 11) is 0. The van der Waals surface area contributed by atoms with Crippen LogP contribution >= 0.6 is 0 Å². The summed E-state index contributed by atoms with van der Waals surface area (Å²) in [5.74, 6) is 0.605. The van der Waals surface area contributed by atoms with Crippen LogP contribution in [0.5, 0.6) is 5.75 Å². The number of hydrogen-bond donors (Lipinski definition) is 0. The van der Waals surface area contributed by atoms with Gasteiger partial charge in [0.2, 0.25) is 0 Å². The van der Waals surface area contributed by atoms with Crippen LogP contribution < -0.4 is 4.74 Å². The summed E-state index contributed by atoms with van der Waals surface area (Å²) in [5, 5.41) is 0. The van der Waals surface area contributed by atoms with Crippen LogP contribution in [0.3, 0.4) is 0 Å². The normalized spacial score (nSPS) is 21.5. The molecular formula is C12H12O3. The molecule has 1 fully saturated rings. The van der Waals surface area contributed by atoms with Gasteiger partial charge in [0.15, 0.2) is 11.9 Å². The van der Waals surface area contributed by atoms with E-state index < -0.39 is 6.10 Å². The molecule has 78 valence electrons. The molecular weight excluding hydrogens is 192 g/mol. The molecule has 0 bridgehead atoms. The van der Waals surface area contributed by atoms with Crippen molar-refractivity contribution in [2.45, 2.75) is 25.4 Å². The molecule has 1 aromatic carbocycles. The lowest BCUT2D eigenvalue weighted by Crippen LogP contribution is -2.34. The van der Waals surface area contributed by atoms with Gasteiger partial charge in [-0.25, -0.2) is 0 Å². The average molecular weight is 204 g/mol. The lowest BCUT2D eigenvalue weighted by molar-refractivity contribution is -0.135. The maximum Gasteiger partial charge on any atom is 0.180 e. The van der Waals surface area contributed by atoms with Crippen LogP contribution in [-0.4, -0.2) is 17.7 Å². The average Bonchev–Trinajstić information content (AvgIpc) is 2.24. The third-order valence-corrected chi connectivity index (χ3v) is 2.44. The highest BCUT2D eigenvalue weighted by atomic mass is 16.5. The molecule has 1 aliphatic carbocycles. The van der Waals surface area contributed by atoms with E-state index >= 15 is 0 Å². The Morgan fingerprint density at radius 2 is 1.87 bits per heavy atom. The quantitative estimate of drug-likeness (QED) is 0.689. The van der Waals surface area contributed by atoms with E-state index in [1.807, 2.05) is 30.3 Å². The van der Waals surface area contributed by atoms with E-state index in [2.05, 4.69) is 0 Å². The number of Topliss-reactive ketones (excluding diaryl/α,β-unsaturated/α-hetero) is 2. The first-order chi connectivity index (χ1) is 7.25. The fraction of sp³-hybridized carbons (Fsp3) is 0.333. The SMILES string of the molecule is O=C1CCC(Oc2ccccc2)C(=O)C1. The van der Waals surface area contributed by atoms with Gasteiger partial charge in [0.1, 0.15) is 11.5 Å². The molecule has 1 aromatic rings. The summed E-state index contributed by atoms with van der Waals surface area (Å²) in [6.07, 6.45) is 0.540. The second kappa shape index (κ2) is 4.26. The molecule has 0 amide bonds.